The van der Waals surface area contributed by atoms with E-state index < -0.39 is 18.1 Å². The van der Waals surface area contributed by atoms with E-state index in [0.717, 1.165) is 22.3 Å². The third-order valence-electron chi connectivity index (χ3n) is 6.00. The molecular weight excluding hydrogens is 434 g/mol. The van der Waals surface area contributed by atoms with Crippen molar-refractivity contribution >= 4 is 18.0 Å². The number of carbonyl (C=O) groups excluding carboxylic acids is 2. The Morgan fingerprint density at radius 3 is 2.29 bits per heavy atom. The number of nitriles is 1. The monoisotopic (exact) mass is 463 g/mol. The summed E-state index contributed by atoms with van der Waals surface area (Å²) in [6, 6.07) is 17.2. The zero-order valence-electron chi connectivity index (χ0n) is 19.2. The van der Waals surface area contributed by atoms with Crippen molar-refractivity contribution in [3.8, 4) is 17.2 Å². The molecule has 2 N–H and O–H groups in total. The third-order valence-corrected chi connectivity index (χ3v) is 6.00. The maximum atomic E-state index is 13.0. The molecule has 8 heteroatoms. The van der Waals surface area contributed by atoms with E-state index in [2.05, 4.69) is 17.4 Å². The summed E-state index contributed by atoms with van der Waals surface area (Å²) in [4.78, 5) is 38.0. The number of likely N-dealkylation sites (N-methyl/N-ethyl adjacent to an activating group) is 1. The molecule has 2 aromatic rings. The van der Waals surface area contributed by atoms with E-state index in [1.807, 2.05) is 42.5 Å². The summed E-state index contributed by atoms with van der Waals surface area (Å²) in [5.41, 5.74) is 4.41. The molecule has 0 aromatic heterocycles. The summed E-state index contributed by atoms with van der Waals surface area (Å²) in [5, 5.41) is 20.4. The van der Waals surface area contributed by atoms with Crippen LogP contribution in [0.5, 0.6) is 0 Å². The van der Waals surface area contributed by atoms with Gasteiger partial charge in [0, 0.05) is 25.4 Å². The quantitative estimate of drug-likeness (QED) is 0.488. The van der Waals surface area contributed by atoms with Crippen molar-refractivity contribution in [3.63, 3.8) is 0 Å². The molecule has 3 rings (SSSR count). The van der Waals surface area contributed by atoms with Crippen LogP contribution in [-0.2, 0) is 14.3 Å². The molecule has 2 amide bonds. The van der Waals surface area contributed by atoms with E-state index >= 15 is 0 Å². The zero-order valence-corrected chi connectivity index (χ0v) is 19.2. The summed E-state index contributed by atoms with van der Waals surface area (Å²) in [6.45, 7) is 2.23. The first kappa shape index (κ1) is 24.8. The highest BCUT2D eigenvalue weighted by atomic mass is 16.5. The smallest absolute Gasteiger partial charge is 0.407 e. The molecule has 0 heterocycles. The van der Waals surface area contributed by atoms with Crippen LogP contribution in [0.3, 0.4) is 0 Å². The first-order chi connectivity index (χ1) is 16.5. The standard InChI is InChI=1S/C26H29N3O5/c1-2-29(16-14-24(30)31)25(32)23(13-7-8-15-27)28-26(33)34-17-22-20-11-5-3-9-18(20)19-10-4-6-12-21(19)22/h3-6,9-12,22-23H,2,7-8,13-14,16-17H2,1H3,(H,28,33)(H,30,31). The van der Waals surface area contributed by atoms with Gasteiger partial charge < -0.3 is 20.1 Å². The largest absolute Gasteiger partial charge is 0.481 e. The fraction of sp³-hybridized carbons (Fsp3) is 0.385. The van der Waals surface area contributed by atoms with Gasteiger partial charge >= 0.3 is 12.1 Å². The molecule has 1 unspecified atom stereocenters. The lowest BCUT2D eigenvalue weighted by Gasteiger charge is -2.26. The molecule has 0 saturated carbocycles. The van der Waals surface area contributed by atoms with Gasteiger partial charge in [-0.2, -0.15) is 5.26 Å². The van der Waals surface area contributed by atoms with E-state index in [9.17, 15) is 14.4 Å². The highest BCUT2D eigenvalue weighted by Gasteiger charge is 2.30. The van der Waals surface area contributed by atoms with Crippen LogP contribution in [0.15, 0.2) is 48.5 Å². The predicted molar refractivity (Wildman–Crippen MR) is 126 cm³/mol. The predicted octanol–water partition coefficient (Wildman–Crippen LogP) is 3.91. The molecule has 8 nitrogen and oxygen atoms in total. The number of alkyl carbamates (subject to hydrolysis) is 1. The highest BCUT2D eigenvalue weighted by molar-refractivity contribution is 5.86. The molecule has 1 aliphatic rings. The van der Waals surface area contributed by atoms with Crippen molar-refractivity contribution in [2.75, 3.05) is 19.7 Å². The third kappa shape index (κ3) is 5.93. The van der Waals surface area contributed by atoms with Gasteiger partial charge in [-0.15, -0.1) is 0 Å². The van der Waals surface area contributed by atoms with E-state index in [1.54, 1.807) is 6.92 Å². The minimum Gasteiger partial charge on any atom is -0.481 e. The Morgan fingerprint density at radius 1 is 1.12 bits per heavy atom. The average Bonchev–Trinajstić information content (AvgIpc) is 3.16. The van der Waals surface area contributed by atoms with Crippen LogP contribution in [0, 0.1) is 11.3 Å². The van der Waals surface area contributed by atoms with Gasteiger partial charge in [0.05, 0.1) is 12.5 Å². The Hall–Kier alpha value is -3.86. The van der Waals surface area contributed by atoms with Crippen LogP contribution in [0.25, 0.3) is 11.1 Å². The lowest BCUT2D eigenvalue weighted by molar-refractivity contribution is -0.139. The van der Waals surface area contributed by atoms with Crippen LogP contribution in [-0.4, -0.2) is 53.7 Å². The number of fused-ring (bicyclic) bond motifs is 3. The normalized spacial score (nSPS) is 12.7. The van der Waals surface area contributed by atoms with E-state index in [-0.39, 0.29) is 44.2 Å². The summed E-state index contributed by atoms with van der Waals surface area (Å²) >= 11 is 0. The number of nitrogens with zero attached hydrogens (tertiary/aromatic N) is 2. The molecular formula is C26H29N3O5. The summed E-state index contributed by atoms with van der Waals surface area (Å²) in [7, 11) is 0. The molecule has 0 bridgehead atoms. The van der Waals surface area contributed by atoms with Gasteiger partial charge in [-0.3, -0.25) is 9.59 Å². The van der Waals surface area contributed by atoms with Crippen LogP contribution in [0.2, 0.25) is 0 Å². The molecule has 0 spiro atoms. The number of nitrogens with one attached hydrogen (secondary N) is 1. The van der Waals surface area contributed by atoms with Crippen molar-refractivity contribution in [2.45, 2.75) is 44.6 Å². The fourth-order valence-corrected chi connectivity index (χ4v) is 4.30. The maximum absolute atomic E-state index is 13.0. The van der Waals surface area contributed by atoms with Gasteiger partial charge in [0.15, 0.2) is 0 Å². The van der Waals surface area contributed by atoms with Crippen molar-refractivity contribution in [3.05, 3.63) is 59.7 Å². The molecule has 0 aliphatic heterocycles. The van der Waals surface area contributed by atoms with Gasteiger partial charge in [0.2, 0.25) is 5.91 Å². The van der Waals surface area contributed by atoms with Crippen molar-refractivity contribution < 1.29 is 24.2 Å². The topological polar surface area (TPSA) is 120 Å². The van der Waals surface area contributed by atoms with E-state index in [1.165, 1.54) is 4.90 Å². The van der Waals surface area contributed by atoms with Gasteiger partial charge in [0.1, 0.15) is 12.6 Å². The first-order valence-corrected chi connectivity index (χ1v) is 11.4. The number of aliphatic carboxylic acids is 1. The number of carboxylic acid groups (broad SMARTS) is 1. The number of unbranched alkanes of at least 4 members (excludes halogenated alkanes) is 1. The number of carboxylic acids is 1. The SMILES string of the molecule is CCN(CCC(=O)O)C(=O)C(CCCC#N)NC(=O)OCC1c2ccccc2-c2ccccc21. The molecule has 1 aliphatic carbocycles. The van der Waals surface area contributed by atoms with E-state index in [0.29, 0.717) is 13.0 Å². The summed E-state index contributed by atoms with van der Waals surface area (Å²) in [5.74, 6) is -1.49. The first-order valence-electron chi connectivity index (χ1n) is 11.4. The lowest BCUT2D eigenvalue weighted by Crippen LogP contribution is -2.49. The number of amides is 2. The minimum atomic E-state index is -1.00. The number of hydrogen-bond donors (Lipinski definition) is 2. The number of hydrogen-bond acceptors (Lipinski definition) is 5. The van der Waals surface area contributed by atoms with Crippen LogP contribution in [0.1, 0.15) is 49.7 Å². The van der Waals surface area contributed by atoms with Crippen molar-refractivity contribution in [2.24, 2.45) is 0 Å². The number of ether oxygens (including phenoxy) is 1. The Balaban J connectivity index is 1.67. The summed E-state index contributed by atoms with van der Waals surface area (Å²) < 4.78 is 5.56. The summed E-state index contributed by atoms with van der Waals surface area (Å²) in [6.07, 6.45) is 0.0338. The Morgan fingerprint density at radius 2 is 1.74 bits per heavy atom. The molecule has 0 radical (unpaired) electrons. The van der Waals surface area contributed by atoms with Crippen LogP contribution < -0.4 is 5.32 Å². The van der Waals surface area contributed by atoms with Gasteiger partial charge in [-0.1, -0.05) is 48.5 Å². The zero-order chi connectivity index (χ0) is 24.5. The molecule has 2 aromatic carbocycles. The van der Waals surface area contributed by atoms with E-state index in [4.69, 9.17) is 15.1 Å². The Bertz CT molecular complexity index is 1030. The second-order valence-electron chi connectivity index (χ2n) is 8.13. The van der Waals surface area contributed by atoms with Crippen molar-refractivity contribution in [1.29, 1.82) is 5.26 Å². The second kappa shape index (κ2) is 11.8. The minimum absolute atomic E-state index is 0.0474. The molecule has 178 valence electrons. The highest BCUT2D eigenvalue weighted by Crippen LogP contribution is 2.44. The lowest BCUT2D eigenvalue weighted by atomic mass is 9.98. The number of carbonyl (C=O) groups is 3. The average molecular weight is 464 g/mol. The van der Waals surface area contributed by atoms with Crippen molar-refractivity contribution in [1.82, 2.24) is 10.2 Å². The van der Waals surface area contributed by atoms with Gasteiger partial charge in [-0.25, -0.2) is 4.79 Å². The molecule has 0 saturated heterocycles. The van der Waals surface area contributed by atoms with Gasteiger partial charge in [-0.05, 0) is 42.0 Å². The molecule has 0 fully saturated rings. The van der Waals surface area contributed by atoms with Crippen LogP contribution >= 0.6 is 0 Å². The Kier molecular flexibility index (Phi) is 8.63. The fourth-order valence-electron chi connectivity index (χ4n) is 4.30. The van der Waals surface area contributed by atoms with Gasteiger partial charge in [0.25, 0.3) is 0 Å². The molecule has 1 atom stereocenters. The molecule has 34 heavy (non-hydrogen) atoms. The number of rotatable bonds is 11. The number of benzene rings is 2. The van der Waals surface area contributed by atoms with Crippen LogP contribution in [0.4, 0.5) is 4.79 Å². The Labute approximate surface area is 199 Å². The maximum Gasteiger partial charge on any atom is 0.407 e. The second-order valence-corrected chi connectivity index (χ2v) is 8.13.